The minimum absolute atomic E-state index is 0.677. The fraction of sp³-hybridized carbons (Fsp3) is 1.00. The smallest absolute Gasteiger partial charge is 0.126 e. The van der Waals surface area contributed by atoms with E-state index in [0.717, 1.165) is 0 Å². The normalized spacial score (nSPS) is 12.0. The maximum Gasteiger partial charge on any atom is 0.126 e. The van der Waals surface area contributed by atoms with Crippen LogP contribution in [0.25, 0.3) is 0 Å². The largest absolute Gasteiger partial charge is 0.251 e. The van der Waals surface area contributed by atoms with E-state index in [-0.39, 0.29) is 0 Å². The highest BCUT2D eigenvalue weighted by molar-refractivity contribution is 4.62. The van der Waals surface area contributed by atoms with Gasteiger partial charge >= 0.3 is 0 Å². The van der Waals surface area contributed by atoms with Crippen LogP contribution in [-0.2, 0) is 4.89 Å². The first-order valence-corrected chi connectivity index (χ1v) is 2.01. The van der Waals surface area contributed by atoms with E-state index in [1.54, 1.807) is 0 Å². The van der Waals surface area contributed by atoms with Crippen molar-refractivity contribution in [3.05, 3.63) is 0 Å². The summed E-state index contributed by atoms with van der Waals surface area (Å²) < 4.78 is 11.5. The summed E-state index contributed by atoms with van der Waals surface area (Å²) in [5, 5.41) is 7.85. The zero-order valence-corrected chi connectivity index (χ0v) is 4.44. The highest BCUT2D eigenvalue weighted by atomic mass is 19.1. The van der Waals surface area contributed by atoms with E-state index < -0.39 is 12.3 Å². The molecule has 0 bridgehead atoms. The van der Waals surface area contributed by atoms with E-state index in [1.165, 1.54) is 13.8 Å². The lowest BCUT2D eigenvalue weighted by Gasteiger charge is -2.13. The zero-order valence-electron chi connectivity index (χ0n) is 4.44. The average Bonchev–Trinajstić information content (AvgIpc) is 1.68. The molecule has 0 saturated carbocycles. The van der Waals surface area contributed by atoms with Gasteiger partial charge in [-0.15, -0.1) is 0 Å². The summed E-state index contributed by atoms with van der Waals surface area (Å²) in [5.74, 6) is 0. The van der Waals surface area contributed by atoms with Crippen molar-refractivity contribution >= 4 is 0 Å². The van der Waals surface area contributed by atoms with Crippen molar-refractivity contribution < 1.29 is 14.5 Å². The molecule has 0 aromatic rings. The maximum absolute atomic E-state index is 11.5. The van der Waals surface area contributed by atoms with Gasteiger partial charge in [-0.25, -0.2) is 9.28 Å². The quantitative estimate of drug-likeness (QED) is 0.425. The van der Waals surface area contributed by atoms with Gasteiger partial charge in [0.15, 0.2) is 0 Å². The third-order valence-corrected chi connectivity index (χ3v) is 0.569. The molecule has 7 heavy (non-hydrogen) atoms. The number of halogens is 1. The molecule has 0 spiro atoms. The van der Waals surface area contributed by atoms with Gasteiger partial charge in [0.2, 0.25) is 0 Å². The molecule has 0 atom stereocenters. The lowest BCUT2D eigenvalue weighted by molar-refractivity contribution is -0.315. The molecule has 1 N–H and O–H groups in total. The van der Waals surface area contributed by atoms with Gasteiger partial charge in [-0.2, -0.15) is 0 Å². The van der Waals surface area contributed by atoms with Crippen molar-refractivity contribution in [3.63, 3.8) is 0 Å². The average molecular weight is 108 g/mol. The Labute approximate surface area is 41.8 Å². The van der Waals surface area contributed by atoms with Crippen molar-refractivity contribution in [1.82, 2.24) is 0 Å². The molecule has 0 amide bonds. The van der Waals surface area contributed by atoms with E-state index in [2.05, 4.69) is 4.89 Å². The van der Waals surface area contributed by atoms with Crippen LogP contribution in [-0.4, -0.2) is 17.5 Å². The van der Waals surface area contributed by atoms with E-state index in [0.29, 0.717) is 0 Å². The highest BCUT2D eigenvalue weighted by Gasteiger charge is 2.16. The second kappa shape index (κ2) is 2.23. The van der Waals surface area contributed by atoms with Crippen LogP contribution in [0.1, 0.15) is 13.8 Å². The summed E-state index contributed by atoms with van der Waals surface area (Å²) >= 11 is 0. The Balaban J connectivity index is 3.36. The standard InChI is InChI=1S/C4H9FO2/c1-4(2,3-5)7-6/h6H,3H2,1-2H3. The molecule has 0 aromatic heterocycles. The Kier molecular flexibility index (Phi) is 2.19. The summed E-state index contributed by atoms with van der Waals surface area (Å²) in [5.41, 5.74) is -1.03. The monoisotopic (exact) mass is 108 g/mol. The van der Waals surface area contributed by atoms with Crippen LogP contribution in [0.3, 0.4) is 0 Å². The number of alkyl halides is 1. The Morgan fingerprint density at radius 2 is 2.14 bits per heavy atom. The number of hydrogen-bond donors (Lipinski definition) is 1. The molecule has 0 unspecified atom stereocenters. The van der Waals surface area contributed by atoms with E-state index in [4.69, 9.17) is 5.26 Å². The van der Waals surface area contributed by atoms with Gasteiger partial charge in [0.1, 0.15) is 12.3 Å². The molecule has 2 nitrogen and oxygen atoms in total. The van der Waals surface area contributed by atoms with Crippen LogP contribution in [0.4, 0.5) is 4.39 Å². The molecule has 0 radical (unpaired) electrons. The minimum Gasteiger partial charge on any atom is -0.251 e. The first-order chi connectivity index (χ1) is 3.12. The molecule has 0 aliphatic carbocycles. The van der Waals surface area contributed by atoms with Crippen LogP contribution in [0.15, 0.2) is 0 Å². The minimum atomic E-state index is -1.03. The number of rotatable bonds is 2. The molecule has 0 aliphatic heterocycles. The molecule has 0 rings (SSSR count). The second-order valence-electron chi connectivity index (χ2n) is 1.98. The molecule has 0 heterocycles. The number of hydrogen-bond acceptors (Lipinski definition) is 2. The molecule has 0 aromatic carbocycles. The van der Waals surface area contributed by atoms with Gasteiger partial charge in [0.25, 0.3) is 0 Å². The Morgan fingerprint density at radius 3 is 2.14 bits per heavy atom. The molecular weight excluding hydrogens is 99.0 g/mol. The summed E-state index contributed by atoms with van der Waals surface area (Å²) in [6.07, 6.45) is 0. The predicted molar refractivity (Wildman–Crippen MR) is 23.8 cm³/mol. The third-order valence-electron chi connectivity index (χ3n) is 0.569. The Hall–Kier alpha value is -0.150. The first-order valence-electron chi connectivity index (χ1n) is 2.01. The van der Waals surface area contributed by atoms with Gasteiger partial charge in [0, 0.05) is 0 Å². The molecule has 3 heteroatoms. The maximum atomic E-state index is 11.5. The van der Waals surface area contributed by atoms with Crippen LogP contribution in [0, 0.1) is 0 Å². The third kappa shape index (κ3) is 2.53. The van der Waals surface area contributed by atoms with Crippen molar-refractivity contribution in [3.8, 4) is 0 Å². The second-order valence-corrected chi connectivity index (χ2v) is 1.98. The van der Waals surface area contributed by atoms with Gasteiger partial charge in [-0.3, -0.25) is 5.26 Å². The Morgan fingerprint density at radius 1 is 1.71 bits per heavy atom. The summed E-state index contributed by atoms with van der Waals surface area (Å²) in [6, 6.07) is 0. The van der Waals surface area contributed by atoms with Crippen molar-refractivity contribution in [2.24, 2.45) is 0 Å². The molecule has 0 fully saturated rings. The summed E-state index contributed by atoms with van der Waals surface area (Å²) in [7, 11) is 0. The van der Waals surface area contributed by atoms with Gasteiger partial charge in [-0.05, 0) is 13.8 Å². The lowest BCUT2D eigenvalue weighted by atomic mass is 10.2. The van der Waals surface area contributed by atoms with E-state index >= 15 is 0 Å². The lowest BCUT2D eigenvalue weighted by Crippen LogP contribution is -2.24. The van der Waals surface area contributed by atoms with Crippen molar-refractivity contribution in [1.29, 1.82) is 0 Å². The first kappa shape index (κ1) is 6.85. The van der Waals surface area contributed by atoms with Gasteiger partial charge in [-0.1, -0.05) is 0 Å². The predicted octanol–water partition coefficient (Wildman–Crippen LogP) is 1.22. The molecule has 0 aliphatic rings. The van der Waals surface area contributed by atoms with Crippen molar-refractivity contribution in [2.45, 2.75) is 19.4 Å². The van der Waals surface area contributed by atoms with E-state index in [1.807, 2.05) is 0 Å². The zero-order chi connectivity index (χ0) is 5.91. The summed E-state index contributed by atoms with van der Waals surface area (Å²) in [6.45, 7) is 2.23. The van der Waals surface area contributed by atoms with Crippen LogP contribution in [0.2, 0.25) is 0 Å². The van der Waals surface area contributed by atoms with Crippen LogP contribution >= 0.6 is 0 Å². The molecule has 44 valence electrons. The summed E-state index contributed by atoms with van der Waals surface area (Å²) in [4.78, 5) is 3.71. The van der Waals surface area contributed by atoms with Gasteiger partial charge in [0.05, 0.1) is 0 Å². The molecule has 0 saturated heterocycles. The fourth-order valence-electron chi connectivity index (χ4n) is 0.0244. The SMILES string of the molecule is CC(C)(CF)OO. The van der Waals surface area contributed by atoms with Crippen LogP contribution in [0.5, 0.6) is 0 Å². The molecular formula is C4H9FO2. The van der Waals surface area contributed by atoms with Crippen molar-refractivity contribution in [2.75, 3.05) is 6.67 Å². The fourth-order valence-corrected chi connectivity index (χ4v) is 0.0244. The van der Waals surface area contributed by atoms with Crippen LogP contribution < -0.4 is 0 Å². The van der Waals surface area contributed by atoms with Gasteiger partial charge < -0.3 is 0 Å². The Bertz CT molecular complexity index is 47.7. The van der Waals surface area contributed by atoms with E-state index in [9.17, 15) is 4.39 Å². The highest BCUT2D eigenvalue weighted by Crippen LogP contribution is 2.05. The topological polar surface area (TPSA) is 29.5 Å².